The van der Waals surface area contributed by atoms with E-state index in [1.807, 2.05) is 38.1 Å². The van der Waals surface area contributed by atoms with Crippen LogP contribution >= 0.6 is 11.3 Å². The minimum absolute atomic E-state index is 0.425. The van der Waals surface area contributed by atoms with Gasteiger partial charge in [-0.2, -0.15) is 5.26 Å². The summed E-state index contributed by atoms with van der Waals surface area (Å²) in [4.78, 5) is 5.43. The fourth-order valence-electron chi connectivity index (χ4n) is 1.57. The highest BCUT2D eigenvalue weighted by molar-refractivity contribution is 7.11. The summed E-state index contributed by atoms with van der Waals surface area (Å²) < 4.78 is 5.66. The third-order valence-electron chi connectivity index (χ3n) is 2.56. The van der Waals surface area contributed by atoms with Gasteiger partial charge >= 0.3 is 0 Å². The van der Waals surface area contributed by atoms with Crippen LogP contribution in [-0.2, 0) is 13.0 Å². The predicted octanol–water partition coefficient (Wildman–Crippen LogP) is 3.41. The summed E-state index contributed by atoms with van der Waals surface area (Å²) >= 11 is 1.55. The Morgan fingerprint density at radius 1 is 1.28 bits per heavy atom. The van der Waals surface area contributed by atoms with Crippen LogP contribution in [0.1, 0.15) is 21.1 Å². The Morgan fingerprint density at radius 3 is 2.67 bits per heavy atom. The number of aromatic nitrogens is 1. The molecule has 4 heteroatoms. The van der Waals surface area contributed by atoms with E-state index in [-0.39, 0.29) is 0 Å². The van der Waals surface area contributed by atoms with Gasteiger partial charge in [-0.1, -0.05) is 17.7 Å². The molecule has 2 aromatic rings. The van der Waals surface area contributed by atoms with Gasteiger partial charge in [-0.3, -0.25) is 0 Å². The van der Waals surface area contributed by atoms with Crippen LogP contribution in [0.2, 0.25) is 0 Å². The lowest BCUT2D eigenvalue weighted by molar-refractivity contribution is 0.305. The third-order valence-corrected chi connectivity index (χ3v) is 3.69. The average molecular weight is 258 g/mol. The van der Waals surface area contributed by atoms with E-state index < -0.39 is 0 Å². The number of nitrogens with zero attached hydrogens (tertiary/aromatic N) is 2. The van der Waals surface area contributed by atoms with Crippen molar-refractivity contribution in [2.24, 2.45) is 0 Å². The van der Waals surface area contributed by atoms with Crippen LogP contribution in [0.4, 0.5) is 0 Å². The van der Waals surface area contributed by atoms with Crippen LogP contribution in [0.5, 0.6) is 5.75 Å². The first-order valence-electron chi connectivity index (χ1n) is 5.70. The zero-order valence-electron chi connectivity index (χ0n) is 10.4. The summed E-state index contributed by atoms with van der Waals surface area (Å²) in [5, 5.41) is 9.60. The van der Waals surface area contributed by atoms with E-state index in [0.717, 1.165) is 21.3 Å². The first kappa shape index (κ1) is 12.6. The summed E-state index contributed by atoms with van der Waals surface area (Å²) in [5.41, 5.74) is 2.15. The zero-order chi connectivity index (χ0) is 13.0. The SMILES string of the molecule is Cc1ccc(OCc2nc(C)c(CC#N)s2)cc1. The van der Waals surface area contributed by atoms with Crippen LogP contribution in [0.15, 0.2) is 24.3 Å². The number of benzene rings is 1. The zero-order valence-corrected chi connectivity index (χ0v) is 11.3. The van der Waals surface area contributed by atoms with E-state index in [1.54, 1.807) is 11.3 Å². The van der Waals surface area contributed by atoms with E-state index in [2.05, 4.69) is 11.1 Å². The van der Waals surface area contributed by atoms with Crippen molar-refractivity contribution in [3.05, 3.63) is 45.4 Å². The Kier molecular flexibility index (Phi) is 3.96. The summed E-state index contributed by atoms with van der Waals surface area (Å²) in [5.74, 6) is 0.843. The summed E-state index contributed by atoms with van der Waals surface area (Å²) in [6, 6.07) is 10.1. The van der Waals surface area contributed by atoms with E-state index >= 15 is 0 Å². The monoisotopic (exact) mass is 258 g/mol. The van der Waals surface area contributed by atoms with Gasteiger partial charge in [0.1, 0.15) is 17.4 Å². The van der Waals surface area contributed by atoms with E-state index in [9.17, 15) is 0 Å². The quantitative estimate of drug-likeness (QED) is 0.844. The van der Waals surface area contributed by atoms with Gasteiger partial charge < -0.3 is 4.74 Å². The second-order valence-corrected chi connectivity index (χ2v) is 5.22. The molecule has 0 bridgehead atoms. The van der Waals surface area contributed by atoms with Crippen LogP contribution in [0, 0.1) is 25.2 Å². The van der Waals surface area contributed by atoms with Crippen LogP contribution < -0.4 is 4.74 Å². The van der Waals surface area contributed by atoms with Gasteiger partial charge in [0, 0.05) is 4.88 Å². The molecule has 0 saturated heterocycles. The first-order chi connectivity index (χ1) is 8.69. The molecular weight excluding hydrogens is 244 g/mol. The number of aryl methyl sites for hydroxylation is 2. The van der Waals surface area contributed by atoms with E-state index in [1.165, 1.54) is 5.56 Å². The second kappa shape index (κ2) is 5.65. The number of hydrogen-bond acceptors (Lipinski definition) is 4. The molecule has 0 saturated carbocycles. The number of ether oxygens (including phenoxy) is 1. The summed E-state index contributed by atoms with van der Waals surface area (Å²) in [6.45, 7) is 4.43. The molecule has 1 heterocycles. The Hall–Kier alpha value is -1.86. The minimum atomic E-state index is 0.425. The van der Waals surface area contributed by atoms with Gasteiger partial charge in [0.2, 0.25) is 0 Å². The van der Waals surface area contributed by atoms with Crippen LogP contribution in [-0.4, -0.2) is 4.98 Å². The molecule has 0 unspecified atom stereocenters. The lowest BCUT2D eigenvalue weighted by Gasteiger charge is -2.03. The van der Waals surface area contributed by atoms with Crippen molar-refractivity contribution in [1.82, 2.24) is 4.98 Å². The Balaban J connectivity index is 2.00. The highest BCUT2D eigenvalue weighted by atomic mass is 32.1. The molecule has 3 nitrogen and oxygen atoms in total. The van der Waals surface area contributed by atoms with Crippen molar-refractivity contribution >= 4 is 11.3 Å². The van der Waals surface area contributed by atoms with Crippen molar-refractivity contribution in [1.29, 1.82) is 5.26 Å². The molecule has 2 rings (SSSR count). The number of nitriles is 1. The molecular formula is C14H14N2OS. The van der Waals surface area contributed by atoms with Crippen molar-refractivity contribution in [3.63, 3.8) is 0 Å². The maximum Gasteiger partial charge on any atom is 0.140 e. The Labute approximate surface area is 111 Å². The highest BCUT2D eigenvalue weighted by Gasteiger charge is 2.07. The maximum atomic E-state index is 8.68. The van der Waals surface area contributed by atoms with Gasteiger partial charge in [0.15, 0.2) is 0 Å². The molecule has 18 heavy (non-hydrogen) atoms. The van der Waals surface area contributed by atoms with Crippen LogP contribution in [0.3, 0.4) is 0 Å². The summed E-state index contributed by atoms with van der Waals surface area (Å²) in [6.07, 6.45) is 0.425. The molecule has 92 valence electrons. The average Bonchev–Trinajstić information content (AvgIpc) is 2.70. The highest BCUT2D eigenvalue weighted by Crippen LogP contribution is 2.20. The fraction of sp³-hybridized carbons (Fsp3) is 0.286. The Morgan fingerprint density at radius 2 is 2.00 bits per heavy atom. The van der Waals surface area contributed by atoms with Gasteiger partial charge in [-0.15, -0.1) is 11.3 Å². The fourth-order valence-corrected chi connectivity index (χ4v) is 2.48. The first-order valence-corrected chi connectivity index (χ1v) is 6.52. The molecule has 0 aliphatic heterocycles. The molecule has 1 aromatic carbocycles. The molecule has 0 spiro atoms. The van der Waals surface area contributed by atoms with Crippen molar-refractivity contribution in [3.8, 4) is 11.8 Å². The lowest BCUT2D eigenvalue weighted by atomic mass is 10.2. The van der Waals surface area contributed by atoms with Gasteiger partial charge in [0.05, 0.1) is 18.2 Å². The van der Waals surface area contributed by atoms with E-state index in [4.69, 9.17) is 10.00 Å². The molecule has 1 aromatic heterocycles. The normalized spacial score (nSPS) is 10.1. The topological polar surface area (TPSA) is 45.9 Å². The number of thiazole rings is 1. The molecule has 0 fully saturated rings. The molecule has 0 radical (unpaired) electrons. The van der Waals surface area contributed by atoms with Crippen molar-refractivity contribution < 1.29 is 4.74 Å². The largest absolute Gasteiger partial charge is 0.486 e. The molecule has 0 aliphatic carbocycles. The molecule has 0 atom stereocenters. The standard InChI is InChI=1S/C14H14N2OS/c1-10-3-5-12(6-4-10)17-9-14-16-11(2)13(18-14)7-8-15/h3-6H,7,9H2,1-2H3. The number of hydrogen-bond donors (Lipinski definition) is 0. The third kappa shape index (κ3) is 3.08. The maximum absolute atomic E-state index is 8.68. The molecule has 0 amide bonds. The van der Waals surface area contributed by atoms with Gasteiger partial charge in [-0.25, -0.2) is 4.98 Å². The summed E-state index contributed by atoms with van der Waals surface area (Å²) in [7, 11) is 0. The van der Waals surface area contributed by atoms with E-state index in [0.29, 0.717) is 13.0 Å². The van der Waals surface area contributed by atoms with Crippen LogP contribution in [0.25, 0.3) is 0 Å². The van der Waals surface area contributed by atoms with Crippen molar-refractivity contribution in [2.75, 3.05) is 0 Å². The molecule has 0 N–H and O–H groups in total. The van der Waals surface area contributed by atoms with Gasteiger partial charge in [0.25, 0.3) is 0 Å². The predicted molar refractivity (Wildman–Crippen MR) is 71.7 cm³/mol. The van der Waals surface area contributed by atoms with Crippen molar-refractivity contribution in [2.45, 2.75) is 26.9 Å². The minimum Gasteiger partial charge on any atom is -0.486 e. The Bertz CT molecular complexity index is 566. The lowest BCUT2D eigenvalue weighted by Crippen LogP contribution is -1.94. The second-order valence-electron chi connectivity index (χ2n) is 4.05. The van der Waals surface area contributed by atoms with Gasteiger partial charge in [-0.05, 0) is 26.0 Å². The smallest absolute Gasteiger partial charge is 0.140 e. The number of rotatable bonds is 4. The molecule has 0 aliphatic rings.